The molecule has 0 saturated heterocycles. The number of Topliss-reactive ketones (excluding diaryl/α,β-unsaturated/α-hetero) is 1. The van der Waals surface area contributed by atoms with Gasteiger partial charge in [-0.15, -0.1) is 0 Å². The molecule has 30 heavy (non-hydrogen) atoms. The third kappa shape index (κ3) is 6.50. The molecule has 160 valence electrons. The molecule has 2 rings (SSSR count). The van der Waals surface area contributed by atoms with Crippen molar-refractivity contribution in [1.29, 1.82) is 0 Å². The average Bonchev–Trinajstić information content (AvgIpc) is 2.69. The first-order valence-corrected chi connectivity index (χ1v) is 10.8. The first-order chi connectivity index (χ1) is 14.1. The fourth-order valence-electron chi connectivity index (χ4n) is 2.69. The number of benzene rings is 2. The van der Waals surface area contributed by atoms with E-state index in [1.807, 2.05) is 0 Å². The summed E-state index contributed by atoms with van der Waals surface area (Å²) in [7, 11) is -2.25. The van der Waals surface area contributed by atoms with Gasteiger partial charge in [-0.1, -0.05) is 12.1 Å². The molecule has 0 heterocycles. The number of sulfonamides is 1. The number of ketones is 1. The van der Waals surface area contributed by atoms with E-state index in [4.69, 9.17) is 0 Å². The zero-order valence-electron chi connectivity index (χ0n) is 17.1. The Labute approximate surface area is 176 Å². The van der Waals surface area contributed by atoms with Crippen molar-refractivity contribution in [3.8, 4) is 0 Å². The maximum atomic E-state index is 12.6. The van der Waals surface area contributed by atoms with Crippen LogP contribution in [-0.4, -0.2) is 43.9 Å². The average molecular weight is 432 g/mol. The van der Waals surface area contributed by atoms with Crippen LogP contribution in [0.15, 0.2) is 53.4 Å². The van der Waals surface area contributed by atoms with Gasteiger partial charge in [-0.25, -0.2) is 12.7 Å². The largest absolute Gasteiger partial charge is 0.326 e. The Morgan fingerprint density at radius 2 is 1.40 bits per heavy atom. The number of nitrogens with zero attached hydrogens (tertiary/aromatic N) is 1. The van der Waals surface area contributed by atoms with Gasteiger partial charge in [0.2, 0.25) is 21.8 Å². The van der Waals surface area contributed by atoms with Crippen molar-refractivity contribution in [1.82, 2.24) is 4.31 Å². The summed E-state index contributed by atoms with van der Waals surface area (Å²) in [6, 6.07) is 12.5. The van der Waals surface area contributed by atoms with Crippen LogP contribution >= 0.6 is 0 Å². The van der Waals surface area contributed by atoms with Crippen LogP contribution in [0.2, 0.25) is 0 Å². The van der Waals surface area contributed by atoms with Crippen LogP contribution in [0.5, 0.6) is 0 Å². The smallest absolute Gasteiger partial charge is 0.242 e. The predicted octanol–water partition coefficient (Wildman–Crippen LogP) is 2.89. The highest BCUT2D eigenvalue weighted by molar-refractivity contribution is 7.89. The molecule has 0 radical (unpaired) electrons. The van der Waals surface area contributed by atoms with Crippen molar-refractivity contribution in [3.05, 3.63) is 54.1 Å². The maximum Gasteiger partial charge on any atom is 0.242 e. The molecule has 0 bridgehead atoms. The standard InChI is InChI=1S/C21H25N3O5S/c1-15(25)17-6-12-20(13-7-17)30(28,29)24(3)14-4-5-21(27)23-19-10-8-18(9-11-19)22-16(2)26/h6-13H,4-5,14H2,1-3H3,(H,22,26)(H,23,27). The second-order valence-corrected chi connectivity index (χ2v) is 8.86. The van der Waals surface area contributed by atoms with E-state index in [-0.39, 0.29) is 35.5 Å². The molecule has 0 aromatic heterocycles. The highest BCUT2D eigenvalue weighted by Gasteiger charge is 2.20. The minimum atomic E-state index is -3.70. The summed E-state index contributed by atoms with van der Waals surface area (Å²) in [4.78, 5) is 34.5. The SMILES string of the molecule is CC(=O)Nc1ccc(NC(=O)CCCN(C)S(=O)(=O)c2ccc(C(C)=O)cc2)cc1. The Bertz CT molecular complexity index is 1020. The van der Waals surface area contributed by atoms with E-state index in [0.717, 1.165) is 0 Å². The molecule has 0 atom stereocenters. The van der Waals surface area contributed by atoms with Crippen molar-refractivity contribution in [3.63, 3.8) is 0 Å². The van der Waals surface area contributed by atoms with E-state index < -0.39 is 10.0 Å². The van der Waals surface area contributed by atoms with E-state index in [0.29, 0.717) is 23.4 Å². The lowest BCUT2D eigenvalue weighted by Crippen LogP contribution is -2.28. The zero-order valence-corrected chi connectivity index (χ0v) is 18.0. The Hall–Kier alpha value is -3.04. The van der Waals surface area contributed by atoms with E-state index in [1.165, 1.54) is 49.5 Å². The number of carbonyl (C=O) groups is 3. The van der Waals surface area contributed by atoms with Gasteiger partial charge in [0.15, 0.2) is 5.78 Å². The third-order valence-electron chi connectivity index (χ3n) is 4.33. The Balaban J connectivity index is 1.85. The summed E-state index contributed by atoms with van der Waals surface area (Å²) in [5.41, 5.74) is 1.66. The molecule has 0 fully saturated rings. The van der Waals surface area contributed by atoms with Gasteiger partial charge < -0.3 is 10.6 Å². The monoisotopic (exact) mass is 431 g/mol. The van der Waals surface area contributed by atoms with Gasteiger partial charge >= 0.3 is 0 Å². The van der Waals surface area contributed by atoms with Crippen molar-refractivity contribution >= 4 is 39.0 Å². The lowest BCUT2D eigenvalue weighted by molar-refractivity contribution is -0.116. The van der Waals surface area contributed by atoms with Crippen molar-refractivity contribution in [2.24, 2.45) is 0 Å². The van der Waals surface area contributed by atoms with E-state index in [1.54, 1.807) is 24.3 Å². The molecule has 0 aliphatic heterocycles. The minimum absolute atomic E-state index is 0.0960. The maximum absolute atomic E-state index is 12.6. The third-order valence-corrected chi connectivity index (χ3v) is 6.21. The van der Waals surface area contributed by atoms with E-state index >= 15 is 0 Å². The summed E-state index contributed by atoms with van der Waals surface area (Å²) in [6.07, 6.45) is 0.494. The number of carbonyl (C=O) groups excluding carboxylic acids is 3. The zero-order chi connectivity index (χ0) is 22.3. The summed E-state index contributed by atoms with van der Waals surface area (Å²) in [6.45, 7) is 3.00. The van der Waals surface area contributed by atoms with Gasteiger partial charge in [0.05, 0.1) is 4.90 Å². The van der Waals surface area contributed by atoms with Crippen LogP contribution in [0.1, 0.15) is 37.0 Å². The van der Waals surface area contributed by atoms with E-state index in [2.05, 4.69) is 10.6 Å². The van der Waals surface area contributed by atoms with Crippen LogP contribution in [0.25, 0.3) is 0 Å². The Kier molecular flexibility index (Phi) is 7.85. The number of nitrogens with one attached hydrogen (secondary N) is 2. The molecule has 2 aromatic rings. The summed E-state index contributed by atoms with van der Waals surface area (Å²) >= 11 is 0. The molecule has 0 spiro atoms. The Morgan fingerprint density at radius 3 is 1.90 bits per heavy atom. The van der Waals surface area contributed by atoms with Crippen LogP contribution in [-0.2, 0) is 19.6 Å². The van der Waals surface area contributed by atoms with Crippen molar-refractivity contribution in [2.45, 2.75) is 31.6 Å². The van der Waals surface area contributed by atoms with Gasteiger partial charge in [0.25, 0.3) is 0 Å². The molecule has 0 unspecified atom stereocenters. The molecule has 2 aromatic carbocycles. The highest BCUT2D eigenvalue weighted by atomic mass is 32.2. The summed E-state index contributed by atoms with van der Waals surface area (Å²) in [5.74, 6) is -0.553. The molecular weight excluding hydrogens is 406 g/mol. The van der Waals surface area contributed by atoms with Crippen molar-refractivity contribution < 1.29 is 22.8 Å². The fourth-order valence-corrected chi connectivity index (χ4v) is 3.90. The number of rotatable bonds is 9. The second kappa shape index (κ2) is 10.1. The van der Waals surface area contributed by atoms with Gasteiger partial charge in [-0.3, -0.25) is 14.4 Å². The first kappa shape index (κ1) is 23.2. The van der Waals surface area contributed by atoms with Gasteiger partial charge in [0.1, 0.15) is 0 Å². The lowest BCUT2D eigenvalue weighted by Gasteiger charge is -2.17. The molecule has 8 nitrogen and oxygen atoms in total. The number of hydrogen-bond acceptors (Lipinski definition) is 5. The molecule has 2 amide bonds. The van der Waals surface area contributed by atoms with Gasteiger partial charge in [-0.2, -0.15) is 0 Å². The number of hydrogen-bond donors (Lipinski definition) is 2. The molecule has 0 aliphatic rings. The molecule has 2 N–H and O–H groups in total. The molecular formula is C21H25N3O5S. The second-order valence-electron chi connectivity index (χ2n) is 6.82. The lowest BCUT2D eigenvalue weighted by atomic mass is 10.2. The van der Waals surface area contributed by atoms with Crippen LogP contribution < -0.4 is 10.6 Å². The normalized spacial score (nSPS) is 11.2. The molecule has 0 aliphatic carbocycles. The van der Waals surface area contributed by atoms with E-state index in [9.17, 15) is 22.8 Å². The predicted molar refractivity (Wildman–Crippen MR) is 115 cm³/mol. The van der Waals surface area contributed by atoms with Gasteiger partial charge in [0, 0.05) is 43.9 Å². The Morgan fingerprint density at radius 1 is 0.867 bits per heavy atom. The number of anilines is 2. The van der Waals surface area contributed by atoms with Crippen LogP contribution in [0.3, 0.4) is 0 Å². The molecule has 0 saturated carbocycles. The van der Waals surface area contributed by atoms with Gasteiger partial charge in [-0.05, 0) is 49.7 Å². The van der Waals surface area contributed by atoms with Crippen LogP contribution in [0.4, 0.5) is 11.4 Å². The topological polar surface area (TPSA) is 113 Å². The number of amides is 2. The minimum Gasteiger partial charge on any atom is -0.326 e. The van der Waals surface area contributed by atoms with Crippen molar-refractivity contribution in [2.75, 3.05) is 24.2 Å². The summed E-state index contributed by atoms with van der Waals surface area (Å²) in [5, 5.41) is 5.37. The first-order valence-electron chi connectivity index (χ1n) is 9.34. The van der Waals surface area contributed by atoms with Crippen LogP contribution in [0, 0.1) is 0 Å². The highest BCUT2D eigenvalue weighted by Crippen LogP contribution is 2.17. The molecule has 9 heteroatoms. The quantitative estimate of drug-likeness (QED) is 0.593. The summed E-state index contributed by atoms with van der Waals surface area (Å²) < 4.78 is 26.4. The fraction of sp³-hybridized carbons (Fsp3) is 0.286.